The number of benzene rings is 2. The molecule has 114 valence electrons. The average Bonchev–Trinajstić information content (AvgIpc) is 2.44. The van der Waals surface area contributed by atoms with Crippen LogP contribution in [0.25, 0.3) is 0 Å². The molecular formula is C15H11F3N2O2. The van der Waals surface area contributed by atoms with E-state index in [0.29, 0.717) is 6.07 Å². The van der Waals surface area contributed by atoms with Gasteiger partial charge in [0.15, 0.2) is 0 Å². The molecule has 2 aromatic carbocycles. The van der Waals surface area contributed by atoms with Gasteiger partial charge in [-0.15, -0.1) is 0 Å². The van der Waals surface area contributed by atoms with Crippen LogP contribution >= 0.6 is 0 Å². The fraction of sp³-hybridized carbons (Fsp3) is 0.0667. The third-order valence-electron chi connectivity index (χ3n) is 2.67. The molecule has 2 aromatic rings. The van der Waals surface area contributed by atoms with Crippen molar-refractivity contribution in [2.75, 3.05) is 10.6 Å². The van der Waals surface area contributed by atoms with E-state index in [1.165, 1.54) is 18.2 Å². The first kappa shape index (κ1) is 15.6. The van der Waals surface area contributed by atoms with Crippen LogP contribution in [0.2, 0.25) is 0 Å². The molecular weight excluding hydrogens is 297 g/mol. The SMILES string of the molecule is O=C(CC(=O)Nc1ccc(F)cc1F)Nc1ccccc1F. The molecule has 0 heterocycles. The highest BCUT2D eigenvalue weighted by Crippen LogP contribution is 2.16. The molecule has 7 heteroatoms. The quantitative estimate of drug-likeness (QED) is 0.853. The zero-order chi connectivity index (χ0) is 16.1. The number of halogens is 3. The Morgan fingerprint density at radius 2 is 1.41 bits per heavy atom. The van der Waals surface area contributed by atoms with Gasteiger partial charge in [-0.25, -0.2) is 13.2 Å². The van der Waals surface area contributed by atoms with Crippen molar-refractivity contribution in [2.45, 2.75) is 6.42 Å². The van der Waals surface area contributed by atoms with Gasteiger partial charge in [-0.05, 0) is 24.3 Å². The smallest absolute Gasteiger partial charge is 0.233 e. The standard InChI is InChI=1S/C15H11F3N2O2/c16-9-5-6-13(11(18)7-9)20-15(22)8-14(21)19-12-4-2-1-3-10(12)17/h1-7H,8H2,(H,19,21)(H,20,22). The molecule has 0 saturated heterocycles. The Morgan fingerprint density at radius 1 is 0.818 bits per heavy atom. The number of rotatable bonds is 4. The van der Waals surface area contributed by atoms with Gasteiger partial charge in [-0.1, -0.05) is 12.1 Å². The molecule has 0 radical (unpaired) electrons. The third kappa shape index (κ3) is 4.08. The first-order chi connectivity index (χ1) is 10.5. The van der Waals surface area contributed by atoms with Crippen LogP contribution in [0.15, 0.2) is 42.5 Å². The molecule has 0 saturated carbocycles. The maximum Gasteiger partial charge on any atom is 0.233 e. The Hall–Kier alpha value is -2.83. The summed E-state index contributed by atoms with van der Waals surface area (Å²) < 4.78 is 39.4. The Balaban J connectivity index is 1.94. The fourth-order valence-electron chi connectivity index (χ4n) is 1.69. The molecule has 4 nitrogen and oxygen atoms in total. The van der Waals surface area contributed by atoms with Crippen LogP contribution in [-0.4, -0.2) is 11.8 Å². The van der Waals surface area contributed by atoms with Crippen molar-refractivity contribution in [1.29, 1.82) is 0 Å². The van der Waals surface area contributed by atoms with Gasteiger partial charge < -0.3 is 10.6 Å². The van der Waals surface area contributed by atoms with E-state index in [1.807, 2.05) is 0 Å². The fourth-order valence-corrected chi connectivity index (χ4v) is 1.69. The van der Waals surface area contributed by atoms with Gasteiger partial charge in [0.2, 0.25) is 11.8 Å². The molecule has 0 aliphatic heterocycles. The maximum atomic E-state index is 13.3. The van der Waals surface area contributed by atoms with Crippen LogP contribution in [0, 0.1) is 17.5 Å². The molecule has 2 amide bonds. The Bertz CT molecular complexity index is 720. The number of amides is 2. The van der Waals surface area contributed by atoms with E-state index < -0.39 is 35.7 Å². The zero-order valence-electron chi connectivity index (χ0n) is 11.2. The Kier molecular flexibility index (Phi) is 4.77. The Labute approximate surface area is 124 Å². The number of hydrogen-bond acceptors (Lipinski definition) is 2. The summed E-state index contributed by atoms with van der Waals surface area (Å²) in [6, 6.07) is 8.08. The van der Waals surface area contributed by atoms with Gasteiger partial charge >= 0.3 is 0 Å². The monoisotopic (exact) mass is 308 g/mol. The summed E-state index contributed by atoms with van der Waals surface area (Å²) in [6.07, 6.45) is -0.634. The molecule has 0 spiro atoms. The minimum absolute atomic E-state index is 0.0618. The van der Waals surface area contributed by atoms with Gasteiger partial charge in [-0.3, -0.25) is 9.59 Å². The number of nitrogens with one attached hydrogen (secondary N) is 2. The molecule has 0 unspecified atom stereocenters. The van der Waals surface area contributed by atoms with Crippen LogP contribution in [0.1, 0.15) is 6.42 Å². The molecule has 0 fully saturated rings. The number of carbonyl (C=O) groups is 2. The van der Waals surface area contributed by atoms with Crippen LogP contribution < -0.4 is 10.6 Å². The van der Waals surface area contributed by atoms with Gasteiger partial charge in [0, 0.05) is 6.07 Å². The van der Waals surface area contributed by atoms with Crippen LogP contribution in [0.4, 0.5) is 24.5 Å². The lowest BCUT2D eigenvalue weighted by Crippen LogP contribution is -2.22. The molecule has 0 aliphatic carbocycles. The summed E-state index contributed by atoms with van der Waals surface area (Å²) in [5.41, 5.74) is -0.307. The molecule has 2 N–H and O–H groups in total. The van der Waals surface area contributed by atoms with E-state index in [0.717, 1.165) is 18.2 Å². The summed E-state index contributed by atoms with van der Waals surface area (Å²) >= 11 is 0. The van der Waals surface area contributed by atoms with Gasteiger partial charge in [0.25, 0.3) is 0 Å². The van der Waals surface area contributed by atoms with Crippen LogP contribution in [-0.2, 0) is 9.59 Å². The first-order valence-corrected chi connectivity index (χ1v) is 6.25. The van der Waals surface area contributed by atoms with Crippen molar-refractivity contribution in [3.63, 3.8) is 0 Å². The third-order valence-corrected chi connectivity index (χ3v) is 2.67. The highest BCUT2D eigenvalue weighted by Gasteiger charge is 2.13. The van der Waals surface area contributed by atoms with Crippen molar-refractivity contribution in [2.24, 2.45) is 0 Å². The van der Waals surface area contributed by atoms with Crippen molar-refractivity contribution < 1.29 is 22.8 Å². The maximum absolute atomic E-state index is 13.3. The summed E-state index contributed by atoms with van der Waals surface area (Å²) in [6.45, 7) is 0. The largest absolute Gasteiger partial charge is 0.323 e. The number of para-hydroxylation sites is 1. The summed E-state index contributed by atoms with van der Waals surface area (Å²) in [5, 5.41) is 4.36. The van der Waals surface area contributed by atoms with Crippen LogP contribution in [0.3, 0.4) is 0 Å². The number of carbonyl (C=O) groups excluding carboxylic acids is 2. The molecule has 0 aliphatic rings. The topological polar surface area (TPSA) is 58.2 Å². The second kappa shape index (κ2) is 6.75. The van der Waals surface area contributed by atoms with E-state index in [4.69, 9.17) is 0 Å². The van der Waals surface area contributed by atoms with E-state index in [-0.39, 0.29) is 11.4 Å². The minimum Gasteiger partial charge on any atom is -0.323 e. The van der Waals surface area contributed by atoms with Gasteiger partial charge in [0.05, 0.1) is 11.4 Å². The second-order valence-electron chi connectivity index (χ2n) is 4.38. The van der Waals surface area contributed by atoms with Crippen LogP contribution in [0.5, 0.6) is 0 Å². The second-order valence-corrected chi connectivity index (χ2v) is 4.38. The number of hydrogen-bond donors (Lipinski definition) is 2. The summed E-state index contributed by atoms with van der Waals surface area (Å²) in [7, 11) is 0. The highest BCUT2D eigenvalue weighted by atomic mass is 19.1. The minimum atomic E-state index is -0.956. The highest BCUT2D eigenvalue weighted by molar-refractivity contribution is 6.08. The Morgan fingerprint density at radius 3 is 2.00 bits per heavy atom. The molecule has 22 heavy (non-hydrogen) atoms. The van der Waals surface area contributed by atoms with Crippen molar-refractivity contribution in [3.8, 4) is 0 Å². The predicted molar refractivity (Wildman–Crippen MR) is 74.6 cm³/mol. The van der Waals surface area contributed by atoms with Crippen molar-refractivity contribution in [3.05, 3.63) is 59.9 Å². The predicted octanol–water partition coefficient (Wildman–Crippen LogP) is 3.07. The van der Waals surface area contributed by atoms with Crippen molar-refractivity contribution >= 4 is 23.2 Å². The lowest BCUT2D eigenvalue weighted by atomic mass is 10.2. The lowest BCUT2D eigenvalue weighted by molar-refractivity contribution is -0.123. The molecule has 2 rings (SSSR count). The van der Waals surface area contributed by atoms with Gasteiger partial charge in [-0.2, -0.15) is 0 Å². The van der Waals surface area contributed by atoms with Gasteiger partial charge in [0.1, 0.15) is 23.9 Å². The normalized spacial score (nSPS) is 10.1. The van der Waals surface area contributed by atoms with E-state index in [2.05, 4.69) is 10.6 Å². The zero-order valence-corrected chi connectivity index (χ0v) is 11.2. The number of anilines is 2. The molecule has 0 bridgehead atoms. The van der Waals surface area contributed by atoms with Crippen molar-refractivity contribution in [1.82, 2.24) is 0 Å². The average molecular weight is 308 g/mol. The van der Waals surface area contributed by atoms with E-state index in [1.54, 1.807) is 0 Å². The first-order valence-electron chi connectivity index (χ1n) is 6.25. The van der Waals surface area contributed by atoms with E-state index >= 15 is 0 Å². The molecule has 0 atom stereocenters. The summed E-state index contributed by atoms with van der Waals surface area (Å²) in [5.74, 6) is -3.94. The summed E-state index contributed by atoms with van der Waals surface area (Å²) in [4.78, 5) is 23.2. The van der Waals surface area contributed by atoms with E-state index in [9.17, 15) is 22.8 Å². The molecule has 0 aromatic heterocycles. The lowest BCUT2D eigenvalue weighted by Gasteiger charge is -2.08.